The van der Waals surface area contributed by atoms with Gasteiger partial charge in [-0.15, -0.1) is 0 Å². The van der Waals surface area contributed by atoms with Crippen molar-refractivity contribution in [2.45, 2.75) is 52.1 Å². The number of nitrogens with one attached hydrogen (secondary N) is 1. The van der Waals surface area contributed by atoms with E-state index in [9.17, 15) is 9.90 Å². The summed E-state index contributed by atoms with van der Waals surface area (Å²) in [6.45, 7) is 6.81. The van der Waals surface area contributed by atoms with Crippen LogP contribution in [0.2, 0.25) is 0 Å². The Labute approximate surface area is 110 Å². The van der Waals surface area contributed by atoms with E-state index in [1.165, 1.54) is 0 Å². The number of rotatable bonds is 6. The smallest absolute Gasteiger partial charge is 0.223 e. The summed E-state index contributed by atoms with van der Waals surface area (Å²) in [7, 11) is 1.61. The molecule has 106 valence electrons. The maximum absolute atomic E-state index is 12.1. The number of amides is 1. The van der Waals surface area contributed by atoms with Gasteiger partial charge in [-0.05, 0) is 25.2 Å². The Hall–Kier alpha value is -0.610. The summed E-state index contributed by atoms with van der Waals surface area (Å²) in [4.78, 5) is 12.1. The first-order valence-electron chi connectivity index (χ1n) is 6.77. The van der Waals surface area contributed by atoms with E-state index >= 15 is 0 Å². The average molecular weight is 257 g/mol. The number of methoxy groups -OCH3 is 1. The second kappa shape index (κ2) is 6.02. The van der Waals surface area contributed by atoms with Gasteiger partial charge in [-0.25, -0.2) is 0 Å². The van der Waals surface area contributed by atoms with Crippen molar-refractivity contribution in [3.05, 3.63) is 0 Å². The van der Waals surface area contributed by atoms with Crippen LogP contribution in [0, 0.1) is 11.3 Å². The topological polar surface area (TPSA) is 58.6 Å². The van der Waals surface area contributed by atoms with Crippen LogP contribution in [0.3, 0.4) is 0 Å². The van der Waals surface area contributed by atoms with E-state index < -0.39 is 5.60 Å². The summed E-state index contributed by atoms with van der Waals surface area (Å²) in [5, 5.41) is 13.0. The molecule has 18 heavy (non-hydrogen) atoms. The molecule has 2 N–H and O–H groups in total. The molecule has 4 heteroatoms. The van der Waals surface area contributed by atoms with Crippen LogP contribution in [0.25, 0.3) is 0 Å². The first-order valence-corrected chi connectivity index (χ1v) is 6.77. The minimum absolute atomic E-state index is 0.0789. The lowest BCUT2D eigenvalue weighted by Gasteiger charge is -2.28. The van der Waals surface area contributed by atoms with Gasteiger partial charge in [0.15, 0.2) is 0 Å². The summed E-state index contributed by atoms with van der Waals surface area (Å²) in [5.74, 6) is 0.158. The van der Waals surface area contributed by atoms with Gasteiger partial charge in [0.1, 0.15) is 0 Å². The Bertz CT molecular complexity index is 287. The zero-order chi connectivity index (χ0) is 13.8. The molecule has 1 fully saturated rings. The fourth-order valence-electron chi connectivity index (χ4n) is 2.62. The summed E-state index contributed by atoms with van der Waals surface area (Å²) in [6, 6.07) is 0. The van der Waals surface area contributed by atoms with E-state index in [2.05, 4.69) is 19.2 Å². The second-order valence-corrected chi connectivity index (χ2v) is 6.39. The first kappa shape index (κ1) is 15.4. The van der Waals surface area contributed by atoms with Gasteiger partial charge in [0, 0.05) is 32.6 Å². The predicted molar refractivity (Wildman–Crippen MR) is 71.2 cm³/mol. The summed E-state index contributed by atoms with van der Waals surface area (Å²) in [6.07, 6.45) is 3.70. The van der Waals surface area contributed by atoms with Crippen molar-refractivity contribution in [1.82, 2.24) is 5.32 Å². The van der Waals surface area contributed by atoms with Gasteiger partial charge in [-0.3, -0.25) is 4.79 Å². The molecular weight excluding hydrogens is 230 g/mol. The van der Waals surface area contributed by atoms with Gasteiger partial charge in [-0.2, -0.15) is 0 Å². The Morgan fingerprint density at radius 3 is 2.72 bits per heavy atom. The van der Waals surface area contributed by atoms with E-state index in [4.69, 9.17) is 4.74 Å². The number of hydrogen-bond acceptors (Lipinski definition) is 3. The van der Waals surface area contributed by atoms with E-state index in [-0.39, 0.29) is 17.2 Å². The van der Waals surface area contributed by atoms with E-state index in [0.717, 1.165) is 19.3 Å². The van der Waals surface area contributed by atoms with Crippen LogP contribution in [0.1, 0.15) is 46.5 Å². The minimum atomic E-state index is -0.894. The predicted octanol–water partition coefficient (Wildman–Crippen LogP) is 1.72. The molecule has 1 aliphatic rings. The van der Waals surface area contributed by atoms with Crippen molar-refractivity contribution >= 4 is 5.91 Å². The Balaban J connectivity index is 2.41. The van der Waals surface area contributed by atoms with Gasteiger partial charge in [0.2, 0.25) is 5.91 Å². The molecule has 0 aliphatic heterocycles. The minimum Gasteiger partial charge on any atom is -0.388 e. The highest BCUT2D eigenvalue weighted by molar-refractivity contribution is 5.79. The fourth-order valence-corrected chi connectivity index (χ4v) is 2.62. The molecule has 1 rings (SSSR count). The average Bonchev–Trinajstić information content (AvgIpc) is 2.63. The monoisotopic (exact) mass is 257 g/mol. The molecule has 1 saturated carbocycles. The van der Waals surface area contributed by atoms with Crippen LogP contribution in [0.15, 0.2) is 0 Å². The Morgan fingerprint density at radius 1 is 1.56 bits per heavy atom. The van der Waals surface area contributed by atoms with Crippen molar-refractivity contribution in [3.8, 4) is 0 Å². The largest absolute Gasteiger partial charge is 0.388 e. The highest BCUT2D eigenvalue weighted by atomic mass is 16.5. The molecule has 0 heterocycles. The summed E-state index contributed by atoms with van der Waals surface area (Å²) < 4.78 is 4.94. The number of aliphatic hydroxyl groups is 1. The van der Waals surface area contributed by atoms with Gasteiger partial charge in [-0.1, -0.05) is 20.3 Å². The van der Waals surface area contributed by atoms with E-state index in [1.807, 2.05) is 0 Å². The number of carbonyl (C=O) groups excluding carboxylic acids is 1. The van der Waals surface area contributed by atoms with E-state index in [1.54, 1.807) is 14.0 Å². The van der Waals surface area contributed by atoms with Gasteiger partial charge < -0.3 is 15.2 Å². The zero-order valence-electron chi connectivity index (χ0n) is 12.1. The molecule has 2 atom stereocenters. The molecule has 0 spiro atoms. The standard InChI is InChI=1S/C14H27NO3/c1-13(2)7-5-6-11(13)12(16)15-10-14(3,17)8-9-18-4/h11,17H,5-10H2,1-4H3,(H,15,16). The molecule has 0 aromatic carbocycles. The molecule has 1 aliphatic carbocycles. The lowest BCUT2D eigenvalue weighted by Crippen LogP contribution is -2.45. The van der Waals surface area contributed by atoms with Crippen LogP contribution in [-0.4, -0.2) is 36.9 Å². The number of hydrogen-bond donors (Lipinski definition) is 2. The molecule has 0 radical (unpaired) electrons. The lowest BCUT2D eigenvalue weighted by atomic mass is 9.81. The van der Waals surface area contributed by atoms with Crippen LogP contribution >= 0.6 is 0 Å². The van der Waals surface area contributed by atoms with Crippen molar-refractivity contribution in [3.63, 3.8) is 0 Å². The Morgan fingerprint density at radius 2 is 2.22 bits per heavy atom. The van der Waals surface area contributed by atoms with Crippen LogP contribution in [-0.2, 0) is 9.53 Å². The maximum atomic E-state index is 12.1. The van der Waals surface area contributed by atoms with Crippen molar-refractivity contribution < 1.29 is 14.6 Å². The van der Waals surface area contributed by atoms with Crippen LogP contribution < -0.4 is 5.32 Å². The van der Waals surface area contributed by atoms with Crippen LogP contribution in [0.5, 0.6) is 0 Å². The van der Waals surface area contributed by atoms with Gasteiger partial charge in [0.05, 0.1) is 5.60 Å². The highest BCUT2D eigenvalue weighted by Crippen LogP contribution is 2.42. The maximum Gasteiger partial charge on any atom is 0.223 e. The molecule has 0 saturated heterocycles. The van der Waals surface area contributed by atoms with E-state index in [0.29, 0.717) is 19.6 Å². The SMILES string of the molecule is COCCC(C)(O)CNC(=O)C1CCCC1(C)C. The third kappa shape index (κ3) is 4.25. The molecule has 4 nitrogen and oxygen atoms in total. The fraction of sp³-hybridized carbons (Fsp3) is 0.929. The molecule has 1 amide bonds. The first-order chi connectivity index (χ1) is 8.28. The normalized spacial score (nSPS) is 25.7. The highest BCUT2D eigenvalue weighted by Gasteiger charge is 2.39. The quantitative estimate of drug-likeness (QED) is 0.761. The van der Waals surface area contributed by atoms with Crippen molar-refractivity contribution in [2.75, 3.05) is 20.3 Å². The second-order valence-electron chi connectivity index (χ2n) is 6.39. The van der Waals surface area contributed by atoms with Gasteiger partial charge in [0.25, 0.3) is 0 Å². The molecule has 0 aromatic heterocycles. The van der Waals surface area contributed by atoms with Crippen LogP contribution in [0.4, 0.5) is 0 Å². The van der Waals surface area contributed by atoms with Crippen molar-refractivity contribution in [1.29, 1.82) is 0 Å². The molecule has 0 aromatic rings. The Kier molecular flexibility index (Phi) is 5.17. The third-order valence-electron chi connectivity index (χ3n) is 4.06. The summed E-state index contributed by atoms with van der Waals surface area (Å²) in [5.41, 5.74) is -0.809. The molecule has 0 bridgehead atoms. The lowest BCUT2D eigenvalue weighted by molar-refractivity contribution is -0.128. The molecular formula is C14H27NO3. The number of carbonyl (C=O) groups is 1. The van der Waals surface area contributed by atoms with Gasteiger partial charge >= 0.3 is 0 Å². The zero-order valence-corrected chi connectivity index (χ0v) is 12.1. The summed E-state index contributed by atoms with van der Waals surface area (Å²) >= 11 is 0. The number of ether oxygens (including phenoxy) is 1. The third-order valence-corrected chi connectivity index (χ3v) is 4.06. The molecule has 2 unspecified atom stereocenters. The van der Waals surface area contributed by atoms with Crippen molar-refractivity contribution in [2.24, 2.45) is 11.3 Å².